The third kappa shape index (κ3) is 3.46. The fourth-order valence-corrected chi connectivity index (χ4v) is 3.31. The second-order valence-electron chi connectivity index (χ2n) is 4.38. The first-order valence-corrected chi connectivity index (χ1v) is 7.64. The average Bonchev–Trinajstić information content (AvgIpc) is 2.45. The molecule has 3 nitrogen and oxygen atoms in total. The number of rotatable bonds is 4. The van der Waals surface area contributed by atoms with E-state index in [0.717, 1.165) is 15.6 Å². The third-order valence-electron chi connectivity index (χ3n) is 3.10. The molecule has 0 aliphatic carbocycles. The standard InChI is InChI=1S/C15H14BrCl2NO2/c1-20-12-4-3-11(15(21-2)13(12)18)14(19)8-5-9(16)7-10(17)6-8/h3-7,14H,19H2,1-2H3. The van der Waals surface area contributed by atoms with Crippen molar-refractivity contribution in [1.82, 2.24) is 0 Å². The van der Waals surface area contributed by atoms with Crippen molar-refractivity contribution in [3.8, 4) is 11.5 Å². The summed E-state index contributed by atoms with van der Waals surface area (Å²) in [5.41, 5.74) is 7.95. The summed E-state index contributed by atoms with van der Waals surface area (Å²) in [5.74, 6) is 1.04. The topological polar surface area (TPSA) is 44.5 Å². The maximum atomic E-state index is 6.33. The minimum absolute atomic E-state index is 0.397. The number of nitrogens with two attached hydrogens (primary N) is 1. The largest absolute Gasteiger partial charge is 0.495 e. The van der Waals surface area contributed by atoms with Gasteiger partial charge in [-0.15, -0.1) is 0 Å². The van der Waals surface area contributed by atoms with Gasteiger partial charge in [0, 0.05) is 15.1 Å². The molecule has 21 heavy (non-hydrogen) atoms. The van der Waals surface area contributed by atoms with Gasteiger partial charge in [0.2, 0.25) is 0 Å². The molecular weight excluding hydrogens is 377 g/mol. The highest BCUT2D eigenvalue weighted by molar-refractivity contribution is 9.10. The predicted octanol–water partition coefficient (Wildman–Crippen LogP) is 4.82. The Morgan fingerprint density at radius 2 is 1.81 bits per heavy atom. The lowest BCUT2D eigenvalue weighted by molar-refractivity contribution is 0.390. The Kier molecular flexibility index (Phi) is 5.38. The number of benzene rings is 2. The van der Waals surface area contributed by atoms with Crippen molar-refractivity contribution in [3.05, 3.63) is 56.0 Å². The van der Waals surface area contributed by atoms with Crippen LogP contribution in [0.25, 0.3) is 0 Å². The van der Waals surface area contributed by atoms with Crippen LogP contribution in [0.4, 0.5) is 0 Å². The summed E-state index contributed by atoms with van der Waals surface area (Å²) in [6, 6.07) is 8.71. The monoisotopic (exact) mass is 389 g/mol. The molecule has 2 N–H and O–H groups in total. The Bertz CT molecular complexity index is 644. The second kappa shape index (κ2) is 6.88. The van der Waals surface area contributed by atoms with Crippen molar-refractivity contribution in [2.75, 3.05) is 14.2 Å². The molecule has 0 saturated heterocycles. The van der Waals surface area contributed by atoms with E-state index in [0.29, 0.717) is 21.5 Å². The molecule has 0 amide bonds. The molecule has 0 saturated carbocycles. The van der Waals surface area contributed by atoms with E-state index in [1.54, 1.807) is 26.4 Å². The van der Waals surface area contributed by atoms with E-state index < -0.39 is 6.04 Å². The van der Waals surface area contributed by atoms with Crippen LogP contribution < -0.4 is 15.2 Å². The van der Waals surface area contributed by atoms with E-state index in [2.05, 4.69) is 15.9 Å². The predicted molar refractivity (Wildman–Crippen MR) is 89.7 cm³/mol. The zero-order valence-corrected chi connectivity index (χ0v) is 14.6. The molecule has 0 bridgehead atoms. The van der Waals surface area contributed by atoms with Gasteiger partial charge < -0.3 is 15.2 Å². The van der Waals surface area contributed by atoms with Gasteiger partial charge in [-0.2, -0.15) is 0 Å². The molecule has 1 unspecified atom stereocenters. The fourth-order valence-electron chi connectivity index (χ4n) is 2.10. The van der Waals surface area contributed by atoms with Gasteiger partial charge >= 0.3 is 0 Å². The highest BCUT2D eigenvalue weighted by Gasteiger charge is 2.20. The molecule has 0 heterocycles. The van der Waals surface area contributed by atoms with E-state index in [9.17, 15) is 0 Å². The molecule has 0 fully saturated rings. The van der Waals surface area contributed by atoms with E-state index in [-0.39, 0.29) is 0 Å². The van der Waals surface area contributed by atoms with Crippen molar-refractivity contribution in [2.24, 2.45) is 5.73 Å². The Balaban J connectivity index is 2.52. The van der Waals surface area contributed by atoms with Gasteiger partial charge in [-0.3, -0.25) is 0 Å². The molecule has 0 radical (unpaired) electrons. The van der Waals surface area contributed by atoms with Crippen molar-refractivity contribution in [2.45, 2.75) is 6.04 Å². The molecule has 0 spiro atoms. The quantitative estimate of drug-likeness (QED) is 0.813. The molecule has 6 heteroatoms. The first kappa shape index (κ1) is 16.4. The van der Waals surface area contributed by atoms with Crippen LogP contribution in [0.1, 0.15) is 17.2 Å². The van der Waals surface area contributed by atoms with Gasteiger partial charge in [0.15, 0.2) is 0 Å². The number of ether oxygens (including phenoxy) is 2. The highest BCUT2D eigenvalue weighted by Crippen LogP contribution is 2.40. The van der Waals surface area contributed by atoms with Crippen molar-refractivity contribution >= 4 is 39.1 Å². The van der Waals surface area contributed by atoms with Crippen molar-refractivity contribution in [3.63, 3.8) is 0 Å². The Hall–Kier alpha value is -0.940. The van der Waals surface area contributed by atoms with Gasteiger partial charge in [-0.05, 0) is 35.9 Å². The molecule has 0 aliphatic heterocycles. The van der Waals surface area contributed by atoms with Crippen molar-refractivity contribution in [1.29, 1.82) is 0 Å². The summed E-state index contributed by atoms with van der Waals surface area (Å²) in [4.78, 5) is 0. The summed E-state index contributed by atoms with van der Waals surface area (Å²) in [7, 11) is 3.10. The van der Waals surface area contributed by atoms with Gasteiger partial charge in [0.25, 0.3) is 0 Å². The number of hydrogen-bond acceptors (Lipinski definition) is 3. The van der Waals surface area contributed by atoms with Gasteiger partial charge in [-0.1, -0.05) is 39.1 Å². The maximum Gasteiger partial charge on any atom is 0.146 e. The minimum Gasteiger partial charge on any atom is -0.495 e. The van der Waals surface area contributed by atoms with Gasteiger partial charge in [-0.25, -0.2) is 0 Å². The van der Waals surface area contributed by atoms with E-state index in [1.165, 1.54) is 0 Å². The first-order valence-electron chi connectivity index (χ1n) is 6.10. The lowest BCUT2D eigenvalue weighted by atomic mass is 9.98. The molecule has 2 aromatic carbocycles. The maximum absolute atomic E-state index is 6.33. The van der Waals surface area contributed by atoms with E-state index >= 15 is 0 Å². The summed E-state index contributed by atoms with van der Waals surface area (Å²) in [6.07, 6.45) is 0. The van der Waals surface area contributed by atoms with Crippen LogP contribution in [0.5, 0.6) is 11.5 Å². The average molecular weight is 391 g/mol. The zero-order valence-electron chi connectivity index (χ0n) is 11.5. The molecular formula is C15H14BrCl2NO2. The third-order valence-corrected chi connectivity index (χ3v) is 4.13. The Morgan fingerprint density at radius 1 is 1.10 bits per heavy atom. The summed E-state index contributed by atoms with van der Waals surface area (Å²) < 4.78 is 11.4. The van der Waals surface area contributed by atoms with E-state index in [1.807, 2.05) is 18.2 Å². The van der Waals surface area contributed by atoms with Crippen LogP contribution in [0, 0.1) is 0 Å². The zero-order chi connectivity index (χ0) is 15.6. The smallest absolute Gasteiger partial charge is 0.146 e. The SMILES string of the molecule is COc1ccc(C(N)c2cc(Cl)cc(Br)c2)c(OC)c1Cl. The summed E-state index contributed by atoms with van der Waals surface area (Å²) >= 11 is 15.7. The first-order chi connectivity index (χ1) is 9.97. The van der Waals surface area contributed by atoms with Crippen LogP contribution in [0.2, 0.25) is 10.0 Å². The van der Waals surface area contributed by atoms with Gasteiger partial charge in [0.1, 0.15) is 16.5 Å². The molecule has 112 valence electrons. The lowest BCUT2D eigenvalue weighted by Crippen LogP contribution is -2.13. The number of halogens is 3. The summed E-state index contributed by atoms with van der Waals surface area (Å²) in [5, 5.41) is 1.00. The lowest BCUT2D eigenvalue weighted by Gasteiger charge is -2.19. The summed E-state index contributed by atoms with van der Waals surface area (Å²) in [6.45, 7) is 0. The van der Waals surface area contributed by atoms with Crippen LogP contribution >= 0.6 is 39.1 Å². The number of methoxy groups -OCH3 is 2. The molecule has 1 atom stereocenters. The second-order valence-corrected chi connectivity index (χ2v) is 6.11. The Labute approximate surface area is 142 Å². The van der Waals surface area contributed by atoms with Crippen LogP contribution in [0.3, 0.4) is 0 Å². The molecule has 2 aromatic rings. The highest BCUT2D eigenvalue weighted by atomic mass is 79.9. The molecule has 2 rings (SSSR count). The molecule has 0 aromatic heterocycles. The minimum atomic E-state index is -0.418. The van der Waals surface area contributed by atoms with Crippen molar-refractivity contribution < 1.29 is 9.47 Å². The molecule has 0 aliphatic rings. The van der Waals surface area contributed by atoms with Crippen LogP contribution in [-0.2, 0) is 0 Å². The normalized spacial score (nSPS) is 12.1. The van der Waals surface area contributed by atoms with Gasteiger partial charge in [0.05, 0.1) is 20.3 Å². The number of hydrogen-bond donors (Lipinski definition) is 1. The van der Waals surface area contributed by atoms with Crippen LogP contribution in [-0.4, -0.2) is 14.2 Å². The Morgan fingerprint density at radius 3 is 2.38 bits per heavy atom. The fraction of sp³-hybridized carbons (Fsp3) is 0.200. The van der Waals surface area contributed by atoms with E-state index in [4.69, 9.17) is 38.4 Å². The van der Waals surface area contributed by atoms with Crippen LogP contribution in [0.15, 0.2) is 34.8 Å².